The molecule has 1 N–H and O–H groups in total. The minimum Gasteiger partial charge on any atom is -0.339 e. The fourth-order valence-electron chi connectivity index (χ4n) is 3.16. The molecule has 2 aromatic heterocycles. The molecule has 7 heteroatoms. The Balaban J connectivity index is 1.35. The summed E-state index contributed by atoms with van der Waals surface area (Å²) < 4.78 is 0. The molecule has 1 saturated heterocycles. The number of benzene rings is 1. The van der Waals surface area contributed by atoms with E-state index in [1.807, 2.05) is 28.5 Å². The van der Waals surface area contributed by atoms with E-state index in [4.69, 9.17) is 0 Å². The fraction of sp³-hybridized carbons (Fsp3) is 0.238. The van der Waals surface area contributed by atoms with Gasteiger partial charge in [0.25, 0.3) is 5.91 Å². The van der Waals surface area contributed by atoms with Crippen LogP contribution < -0.4 is 5.32 Å². The van der Waals surface area contributed by atoms with Crippen molar-refractivity contribution in [2.24, 2.45) is 0 Å². The van der Waals surface area contributed by atoms with Gasteiger partial charge in [0.05, 0.1) is 17.8 Å². The van der Waals surface area contributed by atoms with Gasteiger partial charge in [0.1, 0.15) is 5.01 Å². The topological polar surface area (TPSA) is 75.2 Å². The molecule has 0 saturated carbocycles. The van der Waals surface area contributed by atoms with Crippen LogP contribution in [0.1, 0.15) is 28.9 Å². The Morgan fingerprint density at radius 1 is 1.07 bits per heavy atom. The van der Waals surface area contributed by atoms with Crippen LogP contribution in [0, 0.1) is 0 Å². The van der Waals surface area contributed by atoms with E-state index in [2.05, 4.69) is 15.3 Å². The van der Waals surface area contributed by atoms with Crippen LogP contribution >= 0.6 is 11.3 Å². The highest BCUT2D eigenvalue weighted by Gasteiger charge is 2.19. The molecule has 0 bridgehead atoms. The summed E-state index contributed by atoms with van der Waals surface area (Å²) in [4.78, 5) is 35.3. The monoisotopic (exact) mass is 392 g/mol. The predicted molar refractivity (Wildman–Crippen MR) is 109 cm³/mol. The van der Waals surface area contributed by atoms with Crippen molar-refractivity contribution in [1.29, 1.82) is 0 Å². The summed E-state index contributed by atoms with van der Waals surface area (Å²) in [5.74, 6) is -0.0867. The first-order chi connectivity index (χ1) is 13.7. The molecule has 0 unspecified atom stereocenters. The number of aromatic nitrogens is 2. The lowest BCUT2D eigenvalue weighted by Gasteiger charge is -2.15. The average Bonchev–Trinajstić information content (AvgIpc) is 3.41. The molecule has 4 rings (SSSR count). The number of rotatable bonds is 5. The van der Waals surface area contributed by atoms with Gasteiger partial charge in [-0.15, -0.1) is 11.3 Å². The molecular formula is C21H20N4O2S. The molecule has 3 aromatic rings. The van der Waals surface area contributed by atoms with E-state index in [0.29, 0.717) is 16.9 Å². The van der Waals surface area contributed by atoms with Crippen LogP contribution in [0.5, 0.6) is 0 Å². The van der Waals surface area contributed by atoms with Crippen molar-refractivity contribution in [3.63, 3.8) is 0 Å². The molecule has 1 aliphatic heterocycles. The first-order valence-corrected chi connectivity index (χ1v) is 10.1. The van der Waals surface area contributed by atoms with Gasteiger partial charge in [-0.3, -0.25) is 14.6 Å². The van der Waals surface area contributed by atoms with Crippen molar-refractivity contribution in [3.8, 4) is 10.7 Å². The molecule has 2 amide bonds. The highest BCUT2D eigenvalue weighted by Crippen LogP contribution is 2.22. The lowest BCUT2D eigenvalue weighted by molar-refractivity contribution is -0.115. The summed E-state index contributed by atoms with van der Waals surface area (Å²) >= 11 is 1.47. The Hall–Kier alpha value is -3.06. The normalized spacial score (nSPS) is 13.5. The van der Waals surface area contributed by atoms with Gasteiger partial charge < -0.3 is 10.2 Å². The molecule has 0 radical (unpaired) electrons. The van der Waals surface area contributed by atoms with Gasteiger partial charge in [0.2, 0.25) is 5.91 Å². The largest absolute Gasteiger partial charge is 0.339 e. The molecule has 1 fully saturated rings. The third-order valence-corrected chi connectivity index (χ3v) is 5.50. The highest BCUT2D eigenvalue weighted by atomic mass is 32.1. The molecule has 6 nitrogen and oxygen atoms in total. The SMILES string of the molecule is O=C(Cc1csc(-c2ccccn2)n1)Nc1ccc(C(=O)N2CCCC2)cc1. The Kier molecular flexibility index (Phi) is 5.43. The Bertz CT molecular complexity index is 964. The minimum atomic E-state index is -0.142. The number of nitrogens with one attached hydrogen (secondary N) is 1. The van der Waals surface area contributed by atoms with Gasteiger partial charge in [-0.25, -0.2) is 4.98 Å². The maximum Gasteiger partial charge on any atom is 0.253 e. The quantitative estimate of drug-likeness (QED) is 0.720. The maximum atomic E-state index is 12.4. The van der Waals surface area contributed by atoms with Crippen LogP contribution in [0.25, 0.3) is 10.7 Å². The van der Waals surface area contributed by atoms with Crippen molar-refractivity contribution in [2.45, 2.75) is 19.3 Å². The molecule has 28 heavy (non-hydrogen) atoms. The third-order valence-electron chi connectivity index (χ3n) is 4.59. The van der Waals surface area contributed by atoms with Crippen LogP contribution in [0.3, 0.4) is 0 Å². The van der Waals surface area contributed by atoms with Gasteiger partial charge in [-0.2, -0.15) is 0 Å². The summed E-state index contributed by atoms with van der Waals surface area (Å²) in [5.41, 5.74) is 2.84. The fourth-order valence-corrected chi connectivity index (χ4v) is 3.96. The van der Waals surface area contributed by atoms with Crippen molar-refractivity contribution in [2.75, 3.05) is 18.4 Å². The summed E-state index contributed by atoms with van der Waals surface area (Å²) in [5, 5.41) is 5.54. The number of anilines is 1. The molecular weight excluding hydrogens is 372 g/mol. The Labute approximate surface area is 167 Å². The number of nitrogens with zero attached hydrogens (tertiary/aromatic N) is 3. The van der Waals surface area contributed by atoms with Crippen molar-refractivity contribution in [3.05, 3.63) is 65.3 Å². The molecule has 1 aliphatic rings. The lowest BCUT2D eigenvalue weighted by atomic mass is 10.2. The summed E-state index contributed by atoms with van der Waals surface area (Å²) in [6.07, 6.45) is 4.05. The first kappa shape index (κ1) is 18.3. The number of hydrogen-bond donors (Lipinski definition) is 1. The summed E-state index contributed by atoms with van der Waals surface area (Å²) in [6.45, 7) is 1.65. The zero-order chi connectivity index (χ0) is 19.3. The highest BCUT2D eigenvalue weighted by molar-refractivity contribution is 7.13. The van der Waals surface area contributed by atoms with E-state index >= 15 is 0 Å². The molecule has 0 spiro atoms. The second kappa shape index (κ2) is 8.31. The lowest BCUT2D eigenvalue weighted by Crippen LogP contribution is -2.27. The van der Waals surface area contributed by atoms with E-state index in [1.54, 1.807) is 30.5 Å². The van der Waals surface area contributed by atoms with E-state index in [1.165, 1.54) is 11.3 Å². The zero-order valence-electron chi connectivity index (χ0n) is 15.3. The number of carbonyl (C=O) groups is 2. The van der Waals surface area contributed by atoms with E-state index in [0.717, 1.165) is 36.6 Å². The minimum absolute atomic E-state index is 0.0555. The molecule has 142 valence electrons. The smallest absolute Gasteiger partial charge is 0.253 e. The van der Waals surface area contributed by atoms with Crippen LogP contribution in [0.15, 0.2) is 54.0 Å². The number of likely N-dealkylation sites (tertiary alicyclic amines) is 1. The number of thiazole rings is 1. The second-order valence-corrected chi connectivity index (χ2v) is 7.52. The number of pyridine rings is 1. The van der Waals surface area contributed by atoms with Gasteiger partial charge in [0.15, 0.2) is 0 Å². The van der Waals surface area contributed by atoms with Crippen LogP contribution in [0.4, 0.5) is 5.69 Å². The van der Waals surface area contributed by atoms with Gasteiger partial charge in [-0.1, -0.05) is 6.07 Å². The number of amides is 2. The third kappa shape index (κ3) is 4.26. The number of hydrogen-bond acceptors (Lipinski definition) is 5. The van der Waals surface area contributed by atoms with Crippen molar-refractivity contribution < 1.29 is 9.59 Å². The van der Waals surface area contributed by atoms with E-state index in [9.17, 15) is 9.59 Å². The molecule has 3 heterocycles. The number of carbonyl (C=O) groups excluding carboxylic acids is 2. The second-order valence-electron chi connectivity index (χ2n) is 6.66. The van der Waals surface area contributed by atoms with Crippen molar-refractivity contribution in [1.82, 2.24) is 14.9 Å². The van der Waals surface area contributed by atoms with Gasteiger partial charge >= 0.3 is 0 Å². The summed E-state index contributed by atoms with van der Waals surface area (Å²) in [7, 11) is 0. The van der Waals surface area contributed by atoms with E-state index < -0.39 is 0 Å². The Morgan fingerprint density at radius 3 is 2.57 bits per heavy atom. The molecule has 0 atom stereocenters. The van der Waals surface area contributed by atoms with Crippen LogP contribution in [-0.4, -0.2) is 39.8 Å². The molecule has 0 aliphatic carbocycles. The van der Waals surface area contributed by atoms with E-state index in [-0.39, 0.29) is 18.2 Å². The van der Waals surface area contributed by atoms with Crippen LogP contribution in [-0.2, 0) is 11.2 Å². The first-order valence-electron chi connectivity index (χ1n) is 9.24. The zero-order valence-corrected chi connectivity index (χ0v) is 16.1. The Morgan fingerprint density at radius 2 is 1.86 bits per heavy atom. The van der Waals surface area contributed by atoms with Gasteiger partial charge in [-0.05, 0) is 49.2 Å². The van der Waals surface area contributed by atoms with Crippen LogP contribution in [0.2, 0.25) is 0 Å². The standard InChI is InChI=1S/C21H20N4O2S/c26-19(13-17-14-28-20(24-17)18-5-1-2-10-22-18)23-16-8-6-15(7-9-16)21(27)25-11-3-4-12-25/h1-2,5-10,14H,3-4,11-13H2,(H,23,26). The molecule has 1 aromatic carbocycles. The van der Waals surface area contributed by atoms with Gasteiger partial charge in [0, 0.05) is 35.9 Å². The van der Waals surface area contributed by atoms with Crippen molar-refractivity contribution >= 4 is 28.8 Å². The predicted octanol–water partition coefficient (Wildman–Crippen LogP) is 3.62. The summed E-state index contributed by atoms with van der Waals surface area (Å²) in [6, 6.07) is 12.7. The maximum absolute atomic E-state index is 12.4. The average molecular weight is 392 g/mol.